The lowest BCUT2D eigenvalue weighted by Gasteiger charge is -2.36. The molecule has 7 heteroatoms. The number of rotatable bonds is 4. The molecule has 7 nitrogen and oxygen atoms in total. The van der Waals surface area contributed by atoms with Crippen LogP contribution in [0.4, 0.5) is 4.79 Å². The van der Waals surface area contributed by atoms with Crippen LogP contribution in [0.2, 0.25) is 0 Å². The van der Waals surface area contributed by atoms with Crippen molar-refractivity contribution in [2.45, 2.75) is 50.8 Å². The molecule has 0 saturated carbocycles. The van der Waals surface area contributed by atoms with Crippen molar-refractivity contribution < 1.29 is 9.53 Å². The van der Waals surface area contributed by atoms with Crippen molar-refractivity contribution in [3.63, 3.8) is 0 Å². The van der Waals surface area contributed by atoms with E-state index in [4.69, 9.17) is 4.74 Å². The summed E-state index contributed by atoms with van der Waals surface area (Å²) in [5, 5.41) is 0. The molecule has 1 fully saturated rings. The summed E-state index contributed by atoms with van der Waals surface area (Å²) in [6.07, 6.45) is 9.22. The van der Waals surface area contributed by atoms with Gasteiger partial charge in [-0.25, -0.2) is 14.8 Å². The van der Waals surface area contributed by atoms with Gasteiger partial charge >= 0.3 is 6.09 Å². The molecular formula is C26H26N4O3. The van der Waals surface area contributed by atoms with Crippen LogP contribution in [-0.2, 0) is 4.74 Å². The first-order valence-corrected chi connectivity index (χ1v) is 11.2. The quantitative estimate of drug-likeness (QED) is 0.631. The Morgan fingerprint density at radius 2 is 1.85 bits per heavy atom. The second-order valence-electron chi connectivity index (χ2n) is 9.05. The van der Waals surface area contributed by atoms with Gasteiger partial charge in [-0.15, -0.1) is 0 Å². The van der Waals surface area contributed by atoms with E-state index in [1.54, 1.807) is 24.7 Å². The van der Waals surface area contributed by atoms with E-state index in [-0.39, 0.29) is 23.7 Å². The molecular weight excluding hydrogens is 416 g/mol. The van der Waals surface area contributed by atoms with Crippen molar-refractivity contribution in [3.8, 4) is 11.4 Å². The van der Waals surface area contributed by atoms with Crippen LogP contribution in [0.25, 0.3) is 17.0 Å². The van der Waals surface area contributed by atoms with Gasteiger partial charge in [-0.1, -0.05) is 36.4 Å². The summed E-state index contributed by atoms with van der Waals surface area (Å²) in [4.78, 5) is 38.4. The van der Waals surface area contributed by atoms with Crippen LogP contribution in [0.5, 0.6) is 0 Å². The molecule has 1 unspecified atom stereocenters. The van der Waals surface area contributed by atoms with E-state index in [1.165, 1.54) is 0 Å². The Morgan fingerprint density at radius 1 is 1.09 bits per heavy atom. The second-order valence-corrected chi connectivity index (χ2v) is 9.05. The normalized spacial score (nSPS) is 22.1. The summed E-state index contributed by atoms with van der Waals surface area (Å²) < 4.78 is 5.78. The molecule has 0 spiro atoms. The maximum absolute atomic E-state index is 12.9. The van der Waals surface area contributed by atoms with E-state index in [2.05, 4.69) is 33.2 Å². The lowest BCUT2D eigenvalue weighted by Crippen LogP contribution is -2.41. The van der Waals surface area contributed by atoms with Crippen LogP contribution in [-0.4, -0.2) is 37.6 Å². The minimum Gasteiger partial charge on any atom is -0.441 e. The molecule has 2 atom stereocenters. The average Bonchev–Trinajstić information content (AvgIpc) is 3.08. The fourth-order valence-electron chi connectivity index (χ4n) is 4.94. The topological polar surface area (TPSA) is 88.2 Å². The van der Waals surface area contributed by atoms with E-state index in [0.29, 0.717) is 11.4 Å². The number of nitrogens with one attached hydrogen (secondary N) is 1. The number of cyclic esters (lactones) is 1. The van der Waals surface area contributed by atoms with Crippen LogP contribution >= 0.6 is 0 Å². The molecule has 5 rings (SSSR count). The van der Waals surface area contributed by atoms with Crippen LogP contribution < -0.4 is 5.56 Å². The van der Waals surface area contributed by atoms with Crippen molar-refractivity contribution in [1.82, 2.24) is 19.9 Å². The zero-order chi connectivity index (χ0) is 23.0. The molecule has 2 aliphatic rings. The summed E-state index contributed by atoms with van der Waals surface area (Å²) in [6.45, 7) is 3.94. The highest BCUT2D eigenvalue weighted by Crippen LogP contribution is 2.44. The fraction of sp³-hybridized carbons (Fsp3) is 0.308. The molecule has 0 radical (unpaired) electrons. The van der Waals surface area contributed by atoms with Gasteiger partial charge in [-0.3, -0.25) is 9.69 Å². The molecule has 33 heavy (non-hydrogen) atoms. The van der Waals surface area contributed by atoms with Gasteiger partial charge in [-0.05, 0) is 61.9 Å². The number of carbonyl (C=O) groups is 1. The third kappa shape index (κ3) is 3.95. The van der Waals surface area contributed by atoms with Gasteiger partial charge in [0.1, 0.15) is 5.60 Å². The molecule has 3 aromatic rings. The number of aromatic nitrogens is 3. The van der Waals surface area contributed by atoms with Gasteiger partial charge in [0.25, 0.3) is 5.56 Å². The standard InChI is InChI=1S/C26H26N4O3/c1-26(2)22(18-7-4-3-5-8-18)30(25(32)33-26)20-11-9-17(10-12-20)19-15-21(24(31)29-16-19)23-27-13-6-14-28-23/h3-9,13-16,20,22H,10-12H2,1-2H3,(H,29,31)/t20?,22-/m0/s1. The first-order chi connectivity index (χ1) is 15.9. The lowest BCUT2D eigenvalue weighted by molar-refractivity contribution is 0.0668. The number of benzene rings is 1. The van der Waals surface area contributed by atoms with Gasteiger partial charge < -0.3 is 9.72 Å². The van der Waals surface area contributed by atoms with Crippen molar-refractivity contribution in [2.75, 3.05) is 0 Å². The molecule has 168 valence electrons. The smallest absolute Gasteiger partial charge is 0.411 e. The van der Waals surface area contributed by atoms with E-state index < -0.39 is 5.60 Å². The molecule has 2 aromatic heterocycles. The number of hydrogen-bond donors (Lipinski definition) is 1. The van der Waals surface area contributed by atoms with Crippen molar-refractivity contribution in [2.24, 2.45) is 0 Å². The third-order valence-corrected chi connectivity index (χ3v) is 6.47. The highest BCUT2D eigenvalue weighted by molar-refractivity contribution is 5.74. The minimum absolute atomic E-state index is 0.0490. The van der Waals surface area contributed by atoms with Crippen LogP contribution in [0.3, 0.4) is 0 Å². The van der Waals surface area contributed by atoms with Gasteiger partial charge in [0.15, 0.2) is 5.82 Å². The van der Waals surface area contributed by atoms with E-state index in [9.17, 15) is 9.59 Å². The molecule has 1 N–H and O–H groups in total. The summed E-state index contributed by atoms with van der Waals surface area (Å²) in [7, 11) is 0. The van der Waals surface area contributed by atoms with Crippen molar-refractivity contribution in [3.05, 3.63) is 88.6 Å². The second kappa shape index (κ2) is 8.31. The molecule has 1 aliphatic carbocycles. The molecule has 1 saturated heterocycles. The van der Waals surface area contributed by atoms with Gasteiger partial charge in [0, 0.05) is 24.6 Å². The van der Waals surface area contributed by atoms with Crippen LogP contribution in [0.15, 0.2) is 71.9 Å². The predicted molar refractivity (Wildman–Crippen MR) is 125 cm³/mol. The number of hydrogen-bond acceptors (Lipinski definition) is 5. The Kier molecular flexibility index (Phi) is 5.32. The number of ether oxygens (including phenoxy) is 1. The zero-order valence-electron chi connectivity index (χ0n) is 18.7. The zero-order valence-corrected chi connectivity index (χ0v) is 18.7. The highest BCUT2D eigenvalue weighted by Gasteiger charge is 2.50. The number of nitrogens with zero attached hydrogens (tertiary/aromatic N) is 3. The third-order valence-electron chi connectivity index (χ3n) is 6.47. The summed E-state index contributed by atoms with van der Waals surface area (Å²) in [6, 6.07) is 13.6. The largest absolute Gasteiger partial charge is 0.441 e. The Morgan fingerprint density at radius 3 is 2.55 bits per heavy atom. The van der Waals surface area contributed by atoms with E-state index in [1.807, 2.05) is 43.0 Å². The van der Waals surface area contributed by atoms with E-state index in [0.717, 1.165) is 36.0 Å². The average molecular weight is 443 g/mol. The number of pyridine rings is 1. The fourth-order valence-corrected chi connectivity index (χ4v) is 4.94. The Hall–Kier alpha value is -3.74. The lowest BCUT2D eigenvalue weighted by atomic mass is 9.86. The first kappa shape index (κ1) is 21.1. The van der Waals surface area contributed by atoms with Gasteiger partial charge in [0.2, 0.25) is 0 Å². The van der Waals surface area contributed by atoms with Crippen LogP contribution in [0.1, 0.15) is 50.3 Å². The Labute approximate surface area is 192 Å². The summed E-state index contributed by atoms with van der Waals surface area (Å²) >= 11 is 0. The minimum atomic E-state index is -0.605. The van der Waals surface area contributed by atoms with Crippen molar-refractivity contribution >= 4 is 11.7 Å². The molecule has 1 amide bonds. The Bertz CT molecular complexity index is 1250. The number of H-pyrrole nitrogens is 1. The first-order valence-electron chi connectivity index (χ1n) is 11.2. The maximum Gasteiger partial charge on any atom is 0.411 e. The van der Waals surface area contributed by atoms with Gasteiger partial charge in [-0.2, -0.15) is 0 Å². The van der Waals surface area contributed by atoms with Gasteiger partial charge in [0.05, 0.1) is 11.6 Å². The monoisotopic (exact) mass is 442 g/mol. The highest BCUT2D eigenvalue weighted by atomic mass is 16.6. The molecule has 1 aromatic carbocycles. The summed E-state index contributed by atoms with van der Waals surface area (Å²) in [5.74, 6) is 0.405. The van der Waals surface area contributed by atoms with E-state index >= 15 is 0 Å². The number of amides is 1. The molecule has 1 aliphatic heterocycles. The maximum atomic E-state index is 12.9. The predicted octanol–water partition coefficient (Wildman–Crippen LogP) is 4.74. The molecule has 0 bridgehead atoms. The van der Waals surface area contributed by atoms with Crippen molar-refractivity contribution in [1.29, 1.82) is 0 Å². The number of carbonyl (C=O) groups excluding carboxylic acids is 1. The number of aromatic amines is 1. The number of allylic oxidation sites excluding steroid dienone is 1. The molecule has 3 heterocycles. The summed E-state index contributed by atoms with van der Waals surface area (Å²) in [5.41, 5.74) is 2.79. The van der Waals surface area contributed by atoms with Crippen LogP contribution in [0, 0.1) is 0 Å². The SMILES string of the molecule is CC1(C)OC(=O)N(C2CC=C(c3c[nH]c(=O)c(-c4ncccn4)c3)CC2)[C@H]1c1ccccc1. The Balaban J connectivity index is 1.41.